The highest BCUT2D eigenvalue weighted by Crippen LogP contribution is 2.30. The predicted octanol–water partition coefficient (Wildman–Crippen LogP) is 2.76. The van der Waals surface area contributed by atoms with Crippen molar-refractivity contribution >= 4 is 17.4 Å². The first-order chi connectivity index (χ1) is 11.2. The normalized spacial score (nSPS) is 9.83. The zero-order valence-corrected chi connectivity index (χ0v) is 13.1. The van der Waals surface area contributed by atoms with E-state index >= 15 is 0 Å². The van der Waals surface area contributed by atoms with Crippen LogP contribution in [0, 0.1) is 0 Å². The van der Waals surface area contributed by atoms with E-state index in [-0.39, 0.29) is 5.91 Å². The van der Waals surface area contributed by atoms with E-state index in [4.69, 9.17) is 9.47 Å². The van der Waals surface area contributed by atoms with Gasteiger partial charge < -0.3 is 20.1 Å². The van der Waals surface area contributed by atoms with E-state index in [0.717, 1.165) is 5.69 Å². The van der Waals surface area contributed by atoms with Gasteiger partial charge in [0.15, 0.2) is 11.5 Å². The van der Waals surface area contributed by atoms with Gasteiger partial charge in [-0.1, -0.05) is 6.08 Å². The van der Waals surface area contributed by atoms with Crippen LogP contribution in [0.5, 0.6) is 11.5 Å². The van der Waals surface area contributed by atoms with Crippen LogP contribution in [-0.2, 0) is 0 Å². The summed E-state index contributed by atoms with van der Waals surface area (Å²) in [6.07, 6.45) is 3.14. The zero-order chi connectivity index (χ0) is 16.7. The highest BCUT2D eigenvalue weighted by atomic mass is 16.5. The molecule has 0 saturated heterocycles. The van der Waals surface area contributed by atoms with Crippen LogP contribution in [0.2, 0.25) is 0 Å². The molecule has 2 N–H and O–H groups in total. The van der Waals surface area contributed by atoms with Crippen molar-refractivity contribution < 1.29 is 14.3 Å². The lowest BCUT2D eigenvalue weighted by atomic mass is 10.2. The molecule has 6 heteroatoms. The standard InChI is InChI=1S/C17H19N3O3/c1-4-9-18-17(21)12-5-8-16(19-11-12)20-13-6-7-14(22-2)15(10-13)23-3/h4-8,10-11H,1,9H2,2-3H3,(H,18,21)(H,19,20). The minimum absolute atomic E-state index is 0.185. The first-order valence-corrected chi connectivity index (χ1v) is 7.02. The fraction of sp³-hybridized carbons (Fsp3) is 0.176. The van der Waals surface area contributed by atoms with Crippen molar-refractivity contribution in [2.75, 3.05) is 26.1 Å². The summed E-state index contributed by atoms with van der Waals surface area (Å²) in [4.78, 5) is 16.0. The van der Waals surface area contributed by atoms with Crippen LogP contribution in [0.15, 0.2) is 49.2 Å². The first kappa shape index (κ1) is 16.4. The third-order valence-electron chi connectivity index (χ3n) is 3.09. The average molecular weight is 313 g/mol. The Bertz CT molecular complexity index is 684. The lowest BCUT2D eigenvalue weighted by molar-refractivity contribution is 0.0957. The summed E-state index contributed by atoms with van der Waals surface area (Å²) in [7, 11) is 3.17. The van der Waals surface area contributed by atoms with Gasteiger partial charge in [-0.25, -0.2) is 4.98 Å². The Morgan fingerprint density at radius 1 is 1.22 bits per heavy atom. The first-order valence-electron chi connectivity index (χ1n) is 7.02. The molecule has 0 bridgehead atoms. The van der Waals surface area contributed by atoms with Gasteiger partial charge in [-0.3, -0.25) is 4.79 Å². The maximum Gasteiger partial charge on any atom is 0.253 e. The Labute approximate surface area is 135 Å². The molecule has 0 atom stereocenters. The minimum atomic E-state index is -0.185. The van der Waals surface area contributed by atoms with E-state index in [0.29, 0.717) is 29.4 Å². The molecule has 1 aromatic carbocycles. The number of aromatic nitrogens is 1. The highest BCUT2D eigenvalue weighted by molar-refractivity contribution is 5.94. The molecule has 0 aliphatic heterocycles. The average Bonchev–Trinajstić information content (AvgIpc) is 2.60. The number of amides is 1. The number of nitrogens with zero attached hydrogens (tertiary/aromatic N) is 1. The number of hydrogen-bond acceptors (Lipinski definition) is 5. The van der Waals surface area contributed by atoms with Gasteiger partial charge in [-0.05, 0) is 24.3 Å². The molecule has 0 aliphatic rings. The molecule has 6 nitrogen and oxygen atoms in total. The monoisotopic (exact) mass is 313 g/mol. The van der Waals surface area contributed by atoms with Crippen molar-refractivity contribution in [1.29, 1.82) is 0 Å². The topological polar surface area (TPSA) is 72.5 Å². The summed E-state index contributed by atoms with van der Waals surface area (Å²) >= 11 is 0. The smallest absolute Gasteiger partial charge is 0.253 e. The third-order valence-corrected chi connectivity index (χ3v) is 3.09. The maximum atomic E-state index is 11.8. The number of benzene rings is 1. The third kappa shape index (κ3) is 4.23. The van der Waals surface area contributed by atoms with Gasteiger partial charge in [-0.15, -0.1) is 6.58 Å². The molecular weight excluding hydrogens is 294 g/mol. The molecule has 0 spiro atoms. The Morgan fingerprint density at radius 3 is 2.61 bits per heavy atom. The molecule has 0 fully saturated rings. The molecule has 0 radical (unpaired) electrons. The summed E-state index contributed by atoms with van der Waals surface area (Å²) in [5.74, 6) is 1.71. The van der Waals surface area contributed by atoms with Gasteiger partial charge in [0.25, 0.3) is 5.91 Å². The predicted molar refractivity (Wildman–Crippen MR) is 89.6 cm³/mol. The molecule has 2 rings (SSSR count). The van der Waals surface area contributed by atoms with Gasteiger partial charge in [0.05, 0.1) is 19.8 Å². The Kier molecular flexibility index (Phi) is 5.57. The molecule has 0 aliphatic carbocycles. The molecule has 0 unspecified atom stereocenters. The van der Waals surface area contributed by atoms with Crippen molar-refractivity contribution in [3.05, 3.63) is 54.7 Å². The lowest BCUT2D eigenvalue weighted by Gasteiger charge is -2.11. The van der Waals surface area contributed by atoms with Crippen LogP contribution in [0.4, 0.5) is 11.5 Å². The van der Waals surface area contributed by atoms with Gasteiger partial charge in [0.1, 0.15) is 5.82 Å². The maximum absolute atomic E-state index is 11.8. The number of anilines is 2. The van der Waals surface area contributed by atoms with E-state index in [2.05, 4.69) is 22.2 Å². The SMILES string of the molecule is C=CCNC(=O)c1ccc(Nc2ccc(OC)c(OC)c2)nc1. The van der Waals surface area contributed by atoms with Crippen molar-refractivity contribution in [1.82, 2.24) is 10.3 Å². The van der Waals surface area contributed by atoms with Crippen LogP contribution in [0.25, 0.3) is 0 Å². The van der Waals surface area contributed by atoms with Gasteiger partial charge in [-0.2, -0.15) is 0 Å². The number of rotatable bonds is 7. The number of hydrogen-bond donors (Lipinski definition) is 2. The van der Waals surface area contributed by atoms with Gasteiger partial charge in [0, 0.05) is 24.5 Å². The van der Waals surface area contributed by atoms with Crippen LogP contribution in [0.3, 0.4) is 0 Å². The number of carbonyl (C=O) groups excluding carboxylic acids is 1. The molecule has 23 heavy (non-hydrogen) atoms. The summed E-state index contributed by atoms with van der Waals surface area (Å²) in [5, 5.41) is 5.84. The zero-order valence-electron chi connectivity index (χ0n) is 13.1. The Hall–Kier alpha value is -3.02. The van der Waals surface area contributed by atoms with Crippen LogP contribution in [0.1, 0.15) is 10.4 Å². The summed E-state index contributed by atoms with van der Waals surface area (Å²) < 4.78 is 10.5. The number of ether oxygens (including phenoxy) is 2. The quantitative estimate of drug-likeness (QED) is 0.769. The fourth-order valence-corrected chi connectivity index (χ4v) is 1.93. The highest BCUT2D eigenvalue weighted by Gasteiger charge is 2.07. The summed E-state index contributed by atoms with van der Waals surface area (Å²) in [6, 6.07) is 8.91. The molecule has 0 saturated carbocycles. The molecule has 120 valence electrons. The molecule has 1 heterocycles. The Balaban J connectivity index is 2.09. The summed E-state index contributed by atoms with van der Waals surface area (Å²) in [5.41, 5.74) is 1.30. The van der Waals surface area contributed by atoms with E-state index in [9.17, 15) is 4.79 Å². The second kappa shape index (κ2) is 7.84. The van der Waals surface area contributed by atoms with Crippen molar-refractivity contribution in [3.8, 4) is 11.5 Å². The van der Waals surface area contributed by atoms with Gasteiger partial charge in [0.2, 0.25) is 0 Å². The van der Waals surface area contributed by atoms with E-state index in [1.54, 1.807) is 38.5 Å². The number of carbonyl (C=O) groups is 1. The van der Waals surface area contributed by atoms with Crippen molar-refractivity contribution in [3.63, 3.8) is 0 Å². The minimum Gasteiger partial charge on any atom is -0.493 e. The fourth-order valence-electron chi connectivity index (χ4n) is 1.93. The molecule has 1 amide bonds. The second-order valence-electron chi connectivity index (χ2n) is 4.63. The molecule has 1 aromatic heterocycles. The van der Waals surface area contributed by atoms with Crippen LogP contribution in [-0.4, -0.2) is 31.7 Å². The van der Waals surface area contributed by atoms with E-state index < -0.39 is 0 Å². The van der Waals surface area contributed by atoms with E-state index in [1.165, 1.54) is 6.20 Å². The number of nitrogens with one attached hydrogen (secondary N) is 2. The summed E-state index contributed by atoms with van der Waals surface area (Å²) in [6.45, 7) is 3.98. The second-order valence-corrected chi connectivity index (χ2v) is 4.63. The van der Waals surface area contributed by atoms with Crippen LogP contribution >= 0.6 is 0 Å². The number of pyridine rings is 1. The Morgan fingerprint density at radius 2 is 2.00 bits per heavy atom. The van der Waals surface area contributed by atoms with E-state index in [1.807, 2.05) is 12.1 Å². The van der Waals surface area contributed by atoms with Gasteiger partial charge >= 0.3 is 0 Å². The van der Waals surface area contributed by atoms with Crippen LogP contribution < -0.4 is 20.1 Å². The number of methoxy groups -OCH3 is 2. The van der Waals surface area contributed by atoms with Crippen molar-refractivity contribution in [2.24, 2.45) is 0 Å². The lowest BCUT2D eigenvalue weighted by Crippen LogP contribution is -2.23. The largest absolute Gasteiger partial charge is 0.493 e. The van der Waals surface area contributed by atoms with Crippen molar-refractivity contribution in [2.45, 2.75) is 0 Å². The molecule has 2 aromatic rings. The molecular formula is C17H19N3O3.